The SMILES string of the molecule is Cc1cccc(C)c1CC1CCCNC1. The molecule has 1 heteroatoms. The molecule has 1 aliphatic rings. The summed E-state index contributed by atoms with van der Waals surface area (Å²) in [7, 11) is 0. The first-order valence-corrected chi connectivity index (χ1v) is 6.03. The zero-order valence-corrected chi connectivity index (χ0v) is 9.84. The van der Waals surface area contributed by atoms with Crippen LogP contribution in [-0.2, 0) is 6.42 Å². The van der Waals surface area contributed by atoms with Crippen LogP contribution in [0.3, 0.4) is 0 Å². The summed E-state index contributed by atoms with van der Waals surface area (Å²) in [6.07, 6.45) is 3.99. The predicted molar refractivity (Wildman–Crippen MR) is 65.2 cm³/mol. The van der Waals surface area contributed by atoms with E-state index in [1.54, 1.807) is 5.56 Å². The van der Waals surface area contributed by atoms with E-state index in [-0.39, 0.29) is 0 Å². The molecular formula is C14H21N. The second-order valence-corrected chi connectivity index (χ2v) is 4.79. The smallest absolute Gasteiger partial charge is 0.00173 e. The Morgan fingerprint density at radius 3 is 2.60 bits per heavy atom. The molecule has 82 valence electrons. The summed E-state index contributed by atoms with van der Waals surface area (Å²) < 4.78 is 0. The van der Waals surface area contributed by atoms with Gasteiger partial charge in [-0.05, 0) is 68.8 Å². The van der Waals surface area contributed by atoms with Crippen LogP contribution in [0.25, 0.3) is 0 Å². The Morgan fingerprint density at radius 1 is 1.27 bits per heavy atom. The molecule has 0 amide bonds. The number of rotatable bonds is 2. The van der Waals surface area contributed by atoms with Crippen molar-refractivity contribution in [2.24, 2.45) is 5.92 Å². The second kappa shape index (κ2) is 4.80. The summed E-state index contributed by atoms with van der Waals surface area (Å²) in [4.78, 5) is 0. The number of aryl methyl sites for hydroxylation is 2. The normalized spacial score (nSPS) is 21.6. The molecule has 1 atom stereocenters. The highest BCUT2D eigenvalue weighted by Gasteiger charge is 2.15. The fourth-order valence-electron chi connectivity index (χ4n) is 2.56. The van der Waals surface area contributed by atoms with Crippen molar-refractivity contribution < 1.29 is 0 Å². The van der Waals surface area contributed by atoms with Gasteiger partial charge in [-0.25, -0.2) is 0 Å². The fraction of sp³-hybridized carbons (Fsp3) is 0.571. The molecule has 1 aromatic rings. The van der Waals surface area contributed by atoms with Crippen molar-refractivity contribution >= 4 is 0 Å². The van der Waals surface area contributed by atoms with Crippen LogP contribution in [-0.4, -0.2) is 13.1 Å². The molecule has 1 unspecified atom stereocenters. The van der Waals surface area contributed by atoms with Crippen LogP contribution in [0.4, 0.5) is 0 Å². The van der Waals surface area contributed by atoms with E-state index in [0.29, 0.717) is 0 Å². The van der Waals surface area contributed by atoms with Crippen molar-refractivity contribution in [2.75, 3.05) is 13.1 Å². The van der Waals surface area contributed by atoms with Gasteiger partial charge in [-0.2, -0.15) is 0 Å². The Balaban J connectivity index is 2.09. The molecule has 0 spiro atoms. The summed E-state index contributed by atoms with van der Waals surface area (Å²) >= 11 is 0. The Bertz CT molecular complexity index is 304. The number of nitrogens with one attached hydrogen (secondary N) is 1. The van der Waals surface area contributed by atoms with Gasteiger partial charge < -0.3 is 5.32 Å². The molecule has 15 heavy (non-hydrogen) atoms. The minimum absolute atomic E-state index is 0.846. The minimum Gasteiger partial charge on any atom is -0.316 e. The van der Waals surface area contributed by atoms with Gasteiger partial charge >= 0.3 is 0 Å². The lowest BCUT2D eigenvalue weighted by Crippen LogP contribution is -2.31. The fourth-order valence-corrected chi connectivity index (χ4v) is 2.56. The Kier molecular flexibility index (Phi) is 3.42. The topological polar surface area (TPSA) is 12.0 Å². The molecule has 0 aliphatic carbocycles. The van der Waals surface area contributed by atoms with Gasteiger partial charge in [0.15, 0.2) is 0 Å². The maximum absolute atomic E-state index is 3.49. The monoisotopic (exact) mass is 203 g/mol. The van der Waals surface area contributed by atoms with Crippen LogP contribution in [0, 0.1) is 19.8 Å². The average molecular weight is 203 g/mol. The van der Waals surface area contributed by atoms with Crippen molar-refractivity contribution in [3.05, 3.63) is 34.9 Å². The quantitative estimate of drug-likeness (QED) is 0.779. The molecule has 0 saturated carbocycles. The van der Waals surface area contributed by atoms with E-state index < -0.39 is 0 Å². The Labute approximate surface area is 92.9 Å². The molecule has 1 aliphatic heterocycles. The lowest BCUT2D eigenvalue weighted by atomic mass is 9.88. The zero-order valence-electron chi connectivity index (χ0n) is 9.84. The van der Waals surface area contributed by atoms with Gasteiger partial charge in [0.1, 0.15) is 0 Å². The molecule has 2 rings (SSSR count). The van der Waals surface area contributed by atoms with Crippen LogP contribution >= 0.6 is 0 Å². The standard InChI is InChI=1S/C14H21N/c1-11-5-3-6-12(2)14(11)9-13-7-4-8-15-10-13/h3,5-6,13,15H,4,7-10H2,1-2H3. The van der Waals surface area contributed by atoms with E-state index in [1.807, 2.05) is 0 Å². The van der Waals surface area contributed by atoms with Crippen LogP contribution in [0.1, 0.15) is 29.5 Å². The van der Waals surface area contributed by atoms with Gasteiger partial charge in [-0.15, -0.1) is 0 Å². The molecule has 1 fully saturated rings. The first-order valence-electron chi connectivity index (χ1n) is 6.03. The number of hydrogen-bond acceptors (Lipinski definition) is 1. The third kappa shape index (κ3) is 2.60. The molecule has 0 radical (unpaired) electrons. The summed E-state index contributed by atoms with van der Waals surface area (Å²) in [6, 6.07) is 6.63. The molecular weight excluding hydrogens is 182 g/mol. The van der Waals surface area contributed by atoms with E-state index in [0.717, 1.165) is 5.92 Å². The Hall–Kier alpha value is -0.820. The minimum atomic E-state index is 0.846. The zero-order chi connectivity index (χ0) is 10.7. The summed E-state index contributed by atoms with van der Waals surface area (Å²) in [5.41, 5.74) is 4.49. The van der Waals surface area contributed by atoms with Crippen molar-refractivity contribution in [3.63, 3.8) is 0 Å². The van der Waals surface area contributed by atoms with Crippen LogP contribution in [0.5, 0.6) is 0 Å². The number of piperidine rings is 1. The van der Waals surface area contributed by atoms with Crippen molar-refractivity contribution in [1.29, 1.82) is 0 Å². The third-order valence-electron chi connectivity index (χ3n) is 3.54. The molecule has 0 aromatic heterocycles. The molecule has 1 N–H and O–H groups in total. The largest absolute Gasteiger partial charge is 0.316 e. The van der Waals surface area contributed by atoms with E-state index >= 15 is 0 Å². The van der Waals surface area contributed by atoms with Gasteiger partial charge in [-0.1, -0.05) is 18.2 Å². The van der Waals surface area contributed by atoms with E-state index in [2.05, 4.69) is 37.4 Å². The molecule has 1 nitrogen and oxygen atoms in total. The first-order chi connectivity index (χ1) is 7.27. The van der Waals surface area contributed by atoms with E-state index in [4.69, 9.17) is 0 Å². The predicted octanol–water partition coefficient (Wildman–Crippen LogP) is 2.85. The van der Waals surface area contributed by atoms with Crippen LogP contribution < -0.4 is 5.32 Å². The van der Waals surface area contributed by atoms with Crippen LogP contribution in [0.15, 0.2) is 18.2 Å². The first kappa shape index (κ1) is 10.7. The maximum atomic E-state index is 3.49. The average Bonchev–Trinajstić information content (AvgIpc) is 2.25. The molecule has 1 aromatic carbocycles. The van der Waals surface area contributed by atoms with Crippen LogP contribution in [0.2, 0.25) is 0 Å². The Morgan fingerprint density at radius 2 is 2.00 bits per heavy atom. The lowest BCUT2D eigenvalue weighted by molar-refractivity contribution is 0.375. The van der Waals surface area contributed by atoms with Gasteiger partial charge in [0.05, 0.1) is 0 Å². The molecule has 1 heterocycles. The third-order valence-corrected chi connectivity index (χ3v) is 3.54. The highest BCUT2D eigenvalue weighted by molar-refractivity contribution is 5.33. The lowest BCUT2D eigenvalue weighted by Gasteiger charge is -2.24. The maximum Gasteiger partial charge on any atom is -0.00173 e. The van der Waals surface area contributed by atoms with Crippen molar-refractivity contribution in [2.45, 2.75) is 33.1 Å². The van der Waals surface area contributed by atoms with Gasteiger partial charge in [0.25, 0.3) is 0 Å². The highest BCUT2D eigenvalue weighted by Crippen LogP contribution is 2.21. The van der Waals surface area contributed by atoms with Crippen molar-refractivity contribution in [3.8, 4) is 0 Å². The number of hydrogen-bond donors (Lipinski definition) is 1. The highest BCUT2D eigenvalue weighted by atomic mass is 14.9. The van der Waals surface area contributed by atoms with Gasteiger partial charge in [0, 0.05) is 0 Å². The van der Waals surface area contributed by atoms with E-state index in [1.165, 1.54) is 43.5 Å². The van der Waals surface area contributed by atoms with Gasteiger partial charge in [-0.3, -0.25) is 0 Å². The van der Waals surface area contributed by atoms with Crippen molar-refractivity contribution in [1.82, 2.24) is 5.32 Å². The molecule has 1 saturated heterocycles. The second-order valence-electron chi connectivity index (χ2n) is 4.79. The molecule has 0 bridgehead atoms. The summed E-state index contributed by atoms with van der Waals surface area (Å²) in [6.45, 7) is 6.88. The van der Waals surface area contributed by atoms with E-state index in [9.17, 15) is 0 Å². The number of benzene rings is 1. The summed E-state index contributed by atoms with van der Waals surface area (Å²) in [5.74, 6) is 0.846. The van der Waals surface area contributed by atoms with Gasteiger partial charge in [0.2, 0.25) is 0 Å². The summed E-state index contributed by atoms with van der Waals surface area (Å²) in [5, 5.41) is 3.49.